The topological polar surface area (TPSA) is 83.5 Å². The van der Waals surface area contributed by atoms with Crippen LogP contribution < -0.4 is 4.72 Å². The average molecular weight is 438 g/mol. The Morgan fingerprint density at radius 1 is 0.806 bits per heavy atom. The van der Waals surface area contributed by atoms with Gasteiger partial charge in [0.1, 0.15) is 0 Å². The van der Waals surface area contributed by atoms with Crippen molar-refractivity contribution in [3.63, 3.8) is 0 Å². The number of aryl methyl sites for hydroxylation is 2. The van der Waals surface area contributed by atoms with Crippen molar-refractivity contribution in [3.05, 3.63) is 96.1 Å². The second kappa shape index (κ2) is 10.8. The Kier molecular flexibility index (Phi) is 7.84. The molecule has 31 heavy (non-hydrogen) atoms. The Hall–Kier alpha value is -3.12. The number of benzene rings is 3. The van der Waals surface area contributed by atoms with Crippen LogP contribution in [0.25, 0.3) is 0 Å². The maximum Gasteiger partial charge on any atom is 0.306 e. The van der Waals surface area contributed by atoms with Gasteiger partial charge in [0, 0.05) is 5.69 Å². The molecule has 0 fully saturated rings. The van der Waals surface area contributed by atoms with Gasteiger partial charge in [-0.15, -0.1) is 0 Å². The van der Waals surface area contributed by atoms with E-state index in [1.807, 2.05) is 42.5 Å². The first-order valence-electron chi connectivity index (χ1n) is 10.4. The number of carbonyl (C=O) groups is 1. The first-order chi connectivity index (χ1) is 14.9. The fraction of sp³-hybridized carbons (Fsp3) is 0.240. The lowest BCUT2D eigenvalue weighted by Gasteiger charge is -2.13. The first kappa shape index (κ1) is 22.6. The van der Waals surface area contributed by atoms with Crippen LogP contribution in [0.4, 0.5) is 5.69 Å². The fourth-order valence-corrected chi connectivity index (χ4v) is 4.65. The lowest BCUT2D eigenvalue weighted by atomic mass is 9.93. The molecule has 0 aliphatic rings. The van der Waals surface area contributed by atoms with Crippen LogP contribution in [0.1, 0.15) is 30.4 Å². The summed E-state index contributed by atoms with van der Waals surface area (Å²) >= 11 is 0. The normalized spacial score (nSPS) is 12.3. The van der Waals surface area contributed by atoms with Gasteiger partial charge in [0.25, 0.3) is 10.0 Å². The number of para-hydroxylation sites is 1. The molecule has 3 rings (SSSR count). The van der Waals surface area contributed by atoms with E-state index in [1.165, 1.54) is 0 Å². The summed E-state index contributed by atoms with van der Waals surface area (Å²) in [5.41, 5.74) is 2.52. The molecule has 162 valence electrons. The molecule has 2 N–H and O–H groups in total. The average Bonchev–Trinajstić information content (AvgIpc) is 2.77. The quantitative estimate of drug-likeness (QED) is 0.435. The Labute approximate surface area is 183 Å². The Morgan fingerprint density at radius 2 is 1.45 bits per heavy atom. The van der Waals surface area contributed by atoms with Crippen LogP contribution in [0.15, 0.2) is 89.8 Å². The summed E-state index contributed by atoms with van der Waals surface area (Å²) in [6, 6.07) is 25.5. The molecule has 0 aromatic heterocycles. The van der Waals surface area contributed by atoms with Gasteiger partial charge in [-0.1, -0.05) is 60.7 Å². The lowest BCUT2D eigenvalue weighted by molar-refractivity contribution is -0.142. The summed E-state index contributed by atoms with van der Waals surface area (Å²) in [5, 5.41) is 9.55. The highest BCUT2D eigenvalue weighted by molar-refractivity contribution is 7.92. The molecule has 6 heteroatoms. The smallest absolute Gasteiger partial charge is 0.306 e. The number of rotatable bonds is 11. The molecule has 0 aliphatic heterocycles. The van der Waals surface area contributed by atoms with Crippen LogP contribution >= 0.6 is 0 Å². The van der Waals surface area contributed by atoms with Crippen molar-refractivity contribution in [2.75, 3.05) is 4.72 Å². The van der Waals surface area contributed by atoms with Crippen molar-refractivity contribution in [1.29, 1.82) is 0 Å². The number of nitrogens with one attached hydrogen (secondary N) is 1. The van der Waals surface area contributed by atoms with Crippen molar-refractivity contribution in [1.82, 2.24) is 0 Å². The second-order valence-electron chi connectivity index (χ2n) is 7.57. The van der Waals surface area contributed by atoms with Crippen molar-refractivity contribution in [3.8, 4) is 0 Å². The van der Waals surface area contributed by atoms with Gasteiger partial charge < -0.3 is 5.11 Å². The first-order valence-corrected chi connectivity index (χ1v) is 11.9. The molecule has 0 saturated heterocycles. The number of sulfonamides is 1. The predicted octanol–water partition coefficient (Wildman–Crippen LogP) is 5.14. The van der Waals surface area contributed by atoms with Gasteiger partial charge in [-0.25, -0.2) is 8.42 Å². The minimum atomic E-state index is -3.67. The van der Waals surface area contributed by atoms with Gasteiger partial charge in [0.05, 0.1) is 10.8 Å². The lowest BCUT2D eigenvalue weighted by Crippen LogP contribution is -2.15. The van der Waals surface area contributed by atoms with Gasteiger partial charge in [-0.3, -0.25) is 9.52 Å². The molecular formula is C25H27NO4S. The van der Waals surface area contributed by atoms with E-state index in [0.717, 1.165) is 17.5 Å². The minimum Gasteiger partial charge on any atom is -0.481 e. The molecule has 0 bridgehead atoms. The molecule has 1 atom stereocenters. The van der Waals surface area contributed by atoms with Crippen LogP contribution in [-0.4, -0.2) is 19.5 Å². The number of carboxylic acids is 1. The maximum atomic E-state index is 12.7. The number of hydrogen-bond donors (Lipinski definition) is 2. The van der Waals surface area contributed by atoms with Gasteiger partial charge in [0.15, 0.2) is 0 Å². The van der Waals surface area contributed by atoms with Crippen LogP contribution in [0, 0.1) is 5.92 Å². The van der Waals surface area contributed by atoms with E-state index >= 15 is 0 Å². The molecule has 1 unspecified atom stereocenters. The highest BCUT2D eigenvalue weighted by atomic mass is 32.2. The molecule has 0 spiro atoms. The maximum absolute atomic E-state index is 12.7. The molecule has 0 aliphatic carbocycles. The summed E-state index contributed by atoms with van der Waals surface area (Å²) in [6.45, 7) is 0. The molecule has 0 radical (unpaired) electrons. The van der Waals surface area contributed by atoms with E-state index in [-0.39, 0.29) is 4.90 Å². The summed E-state index contributed by atoms with van der Waals surface area (Å²) in [6.07, 6.45) is 3.19. The third-order valence-electron chi connectivity index (χ3n) is 5.23. The van der Waals surface area contributed by atoms with E-state index in [2.05, 4.69) is 4.72 Å². The van der Waals surface area contributed by atoms with Crippen molar-refractivity contribution < 1.29 is 18.3 Å². The summed E-state index contributed by atoms with van der Waals surface area (Å²) < 4.78 is 27.9. The van der Waals surface area contributed by atoms with Gasteiger partial charge >= 0.3 is 5.97 Å². The number of anilines is 1. The molecule has 3 aromatic carbocycles. The van der Waals surface area contributed by atoms with E-state index in [1.54, 1.807) is 42.5 Å². The zero-order chi connectivity index (χ0) is 22.1. The van der Waals surface area contributed by atoms with Crippen LogP contribution in [0.2, 0.25) is 0 Å². The van der Waals surface area contributed by atoms with E-state index in [9.17, 15) is 18.3 Å². The number of carboxylic acid groups (broad SMARTS) is 1. The fourth-order valence-electron chi connectivity index (χ4n) is 3.52. The van der Waals surface area contributed by atoms with E-state index in [4.69, 9.17) is 0 Å². The molecule has 5 nitrogen and oxygen atoms in total. The Bertz CT molecular complexity index is 1080. The third-order valence-corrected chi connectivity index (χ3v) is 6.61. The molecule has 0 saturated carbocycles. The monoisotopic (exact) mass is 437 g/mol. The van der Waals surface area contributed by atoms with E-state index in [0.29, 0.717) is 31.4 Å². The standard InChI is InChI=1S/C25H27NO4S/c27-25(28)22(18-17-20-9-3-1-4-10-20)13-7-11-21-12-8-16-24(19-21)31(29,30)26-23-14-5-2-6-15-23/h1-6,8-10,12,14-16,19,22,26H,7,11,13,17-18H2,(H,27,28). The van der Waals surface area contributed by atoms with Gasteiger partial charge in [0.2, 0.25) is 0 Å². The predicted molar refractivity (Wildman–Crippen MR) is 123 cm³/mol. The van der Waals surface area contributed by atoms with Crippen LogP contribution in [0.5, 0.6) is 0 Å². The largest absolute Gasteiger partial charge is 0.481 e. The number of aliphatic carboxylic acids is 1. The summed E-state index contributed by atoms with van der Waals surface area (Å²) in [7, 11) is -3.67. The van der Waals surface area contributed by atoms with Gasteiger partial charge in [-0.2, -0.15) is 0 Å². The summed E-state index contributed by atoms with van der Waals surface area (Å²) in [5.74, 6) is -1.19. The molecule has 0 heterocycles. The molecular weight excluding hydrogens is 410 g/mol. The van der Waals surface area contributed by atoms with E-state index < -0.39 is 21.9 Å². The highest BCUT2D eigenvalue weighted by Crippen LogP contribution is 2.20. The Balaban J connectivity index is 1.57. The highest BCUT2D eigenvalue weighted by Gasteiger charge is 2.18. The number of hydrogen-bond acceptors (Lipinski definition) is 3. The van der Waals surface area contributed by atoms with Crippen molar-refractivity contribution in [2.24, 2.45) is 5.92 Å². The Morgan fingerprint density at radius 3 is 2.13 bits per heavy atom. The summed E-state index contributed by atoms with van der Waals surface area (Å²) in [4.78, 5) is 11.8. The third kappa shape index (κ3) is 6.96. The minimum absolute atomic E-state index is 0.202. The zero-order valence-corrected chi connectivity index (χ0v) is 18.1. The SMILES string of the molecule is O=C(O)C(CCCc1cccc(S(=O)(=O)Nc2ccccc2)c1)CCc1ccccc1. The van der Waals surface area contributed by atoms with Crippen molar-refractivity contribution >= 4 is 21.7 Å². The molecule has 0 amide bonds. The molecule has 3 aromatic rings. The second-order valence-corrected chi connectivity index (χ2v) is 9.25. The van der Waals surface area contributed by atoms with Crippen LogP contribution in [-0.2, 0) is 27.7 Å². The van der Waals surface area contributed by atoms with Gasteiger partial charge in [-0.05, 0) is 67.5 Å². The van der Waals surface area contributed by atoms with Crippen molar-refractivity contribution in [2.45, 2.75) is 37.0 Å². The van der Waals surface area contributed by atoms with Crippen LogP contribution in [0.3, 0.4) is 0 Å². The zero-order valence-electron chi connectivity index (χ0n) is 17.3.